The number of esters is 1. The van der Waals surface area contributed by atoms with E-state index in [1.165, 1.54) is 12.1 Å². The molecule has 0 amide bonds. The third kappa shape index (κ3) is 3.55. The summed E-state index contributed by atoms with van der Waals surface area (Å²) in [6.07, 6.45) is 0. The number of nitrogens with one attached hydrogen (secondary N) is 1. The van der Waals surface area contributed by atoms with Gasteiger partial charge in [0.15, 0.2) is 0 Å². The van der Waals surface area contributed by atoms with E-state index in [-0.39, 0.29) is 18.0 Å². The molecule has 0 aliphatic rings. The van der Waals surface area contributed by atoms with E-state index in [1.807, 2.05) is 18.2 Å². The molecule has 0 fully saturated rings. The predicted octanol–water partition coefficient (Wildman–Crippen LogP) is 1.91. The fraction of sp³-hybridized carbons (Fsp3) is 0.111. The first-order valence-electron chi connectivity index (χ1n) is 7.61. The Morgan fingerprint density at radius 1 is 1.08 bits per heavy atom. The van der Waals surface area contributed by atoms with Crippen molar-refractivity contribution in [3.63, 3.8) is 0 Å². The van der Waals surface area contributed by atoms with Crippen LogP contribution >= 0.6 is 0 Å². The first-order chi connectivity index (χ1) is 12.1. The summed E-state index contributed by atoms with van der Waals surface area (Å²) in [4.78, 5) is 31.3. The van der Waals surface area contributed by atoms with Crippen molar-refractivity contribution in [2.24, 2.45) is 0 Å². The summed E-state index contributed by atoms with van der Waals surface area (Å²) in [7, 11) is 0. The molecule has 0 bridgehead atoms. The van der Waals surface area contributed by atoms with E-state index in [0.29, 0.717) is 17.0 Å². The highest BCUT2D eigenvalue weighted by atomic mass is 16.5. The van der Waals surface area contributed by atoms with E-state index in [9.17, 15) is 14.7 Å². The zero-order valence-corrected chi connectivity index (χ0v) is 13.4. The lowest BCUT2D eigenvalue weighted by Gasteiger charge is -2.11. The summed E-state index contributed by atoms with van der Waals surface area (Å²) >= 11 is 0. The fourth-order valence-corrected chi connectivity index (χ4v) is 2.29. The van der Waals surface area contributed by atoms with Crippen LogP contribution in [0.1, 0.15) is 27.9 Å². The highest BCUT2D eigenvalue weighted by Crippen LogP contribution is 2.24. The first-order valence-corrected chi connectivity index (χ1v) is 7.61. The largest absolute Gasteiger partial charge is 0.545 e. The van der Waals surface area contributed by atoms with Gasteiger partial charge in [-0.1, -0.05) is 24.3 Å². The normalized spacial score (nSPS) is 10.4. The molecule has 7 nitrogen and oxygen atoms in total. The summed E-state index contributed by atoms with van der Waals surface area (Å²) in [5.41, 5.74) is 1.28. The van der Waals surface area contributed by atoms with E-state index in [4.69, 9.17) is 4.74 Å². The molecule has 7 heteroatoms. The molecule has 1 N–H and O–H groups in total. The molecule has 0 radical (unpaired) electrons. The van der Waals surface area contributed by atoms with Crippen molar-refractivity contribution < 1.29 is 19.4 Å². The maximum Gasteiger partial charge on any atom is 0.376 e. The Hall–Kier alpha value is -3.48. The van der Waals surface area contributed by atoms with Gasteiger partial charge in [-0.3, -0.25) is 0 Å². The van der Waals surface area contributed by atoms with Crippen LogP contribution in [0.15, 0.2) is 48.5 Å². The predicted molar refractivity (Wildman–Crippen MR) is 89.5 cm³/mol. The number of benzene rings is 2. The van der Waals surface area contributed by atoms with Crippen LogP contribution in [0, 0.1) is 0 Å². The van der Waals surface area contributed by atoms with Gasteiger partial charge in [0.2, 0.25) is 5.82 Å². The van der Waals surface area contributed by atoms with Gasteiger partial charge in [-0.15, -0.1) is 0 Å². The molecule has 25 heavy (non-hydrogen) atoms. The van der Waals surface area contributed by atoms with Crippen LogP contribution in [0.25, 0.3) is 10.9 Å². The average molecular weight is 336 g/mol. The van der Waals surface area contributed by atoms with Crippen LogP contribution in [0.3, 0.4) is 0 Å². The number of hydrogen-bond acceptors (Lipinski definition) is 7. The summed E-state index contributed by atoms with van der Waals surface area (Å²) in [6.45, 7) is 1.93. The van der Waals surface area contributed by atoms with Crippen molar-refractivity contribution >= 4 is 34.3 Å². The first kappa shape index (κ1) is 16.4. The molecule has 0 spiro atoms. The second-order valence-electron chi connectivity index (χ2n) is 5.12. The maximum absolute atomic E-state index is 12.0. The smallest absolute Gasteiger partial charge is 0.376 e. The molecule has 1 heterocycles. The molecular formula is C18H14N3O4-. The molecule has 3 aromatic rings. The van der Waals surface area contributed by atoms with Gasteiger partial charge in [0.1, 0.15) is 5.82 Å². The molecular weight excluding hydrogens is 322 g/mol. The number of ether oxygens (including phenoxy) is 1. The highest BCUT2D eigenvalue weighted by molar-refractivity contribution is 5.95. The number of fused-ring (bicyclic) bond motifs is 1. The number of carboxylic acids is 1. The minimum absolute atomic E-state index is 0.0468. The molecule has 2 aromatic carbocycles. The zero-order valence-electron chi connectivity index (χ0n) is 13.4. The number of nitrogens with zero attached hydrogens (tertiary/aromatic N) is 2. The van der Waals surface area contributed by atoms with E-state index in [0.717, 1.165) is 5.39 Å². The SMILES string of the molecule is CCOC(=O)c1nc(Nc2ccc(C(=O)[O-])cc2)c2ccccc2n1. The summed E-state index contributed by atoms with van der Waals surface area (Å²) in [5, 5.41) is 14.6. The van der Waals surface area contributed by atoms with Gasteiger partial charge in [0.05, 0.1) is 18.1 Å². The minimum atomic E-state index is -1.25. The number of para-hydroxylation sites is 1. The van der Waals surface area contributed by atoms with Crippen LogP contribution in [0.2, 0.25) is 0 Å². The number of aromatic carboxylic acids is 1. The third-order valence-electron chi connectivity index (χ3n) is 3.44. The zero-order chi connectivity index (χ0) is 17.8. The third-order valence-corrected chi connectivity index (χ3v) is 3.44. The van der Waals surface area contributed by atoms with Crippen molar-refractivity contribution in [2.75, 3.05) is 11.9 Å². The van der Waals surface area contributed by atoms with Crippen molar-refractivity contribution in [3.05, 3.63) is 59.9 Å². The van der Waals surface area contributed by atoms with Crippen molar-refractivity contribution in [1.82, 2.24) is 9.97 Å². The molecule has 3 rings (SSSR count). The van der Waals surface area contributed by atoms with Crippen LogP contribution in [-0.2, 0) is 4.74 Å². The lowest BCUT2D eigenvalue weighted by molar-refractivity contribution is -0.255. The summed E-state index contributed by atoms with van der Waals surface area (Å²) < 4.78 is 4.96. The van der Waals surface area contributed by atoms with Crippen molar-refractivity contribution in [2.45, 2.75) is 6.92 Å². The standard InChI is InChI=1S/C18H15N3O4/c1-2-25-18(24)16-20-14-6-4-3-5-13(14)15(21-16)19-12-9-7-11(8-10-12)17(22)23/h3-10H,2H2,1H3,(H,22,23)(H,19,20,21)/p-1. The number of anilines is 2. The van der Waals surface area contributed by atoms with Gasteiger partial charge >= 0.3 is 5.97 Å². The molecule has 1 aromatic heterocycles. The number of carboxylic acid groups (broad SMARTS) is 1. The van der Waals surface area contributed by atoms with Gasteiger partial charge in [-0.2, -0.15) is 0 Å². The van der Waals surface area contributed by atoms with Gasteiger partial charge in [0, 0.05) is 11.1 Å². The molecule has 0 atom stereocenters. The van der Waals surface area contributed by atoms with Gasteiger partial charge in [-0.25, -0.2) is 14.8 Å². The van der Waals surface area contributed by atoms with Crippen LogP contribution in [0.5, 0.6) is 0 Å². The average Bonchev–Trinajstić information content (AvgIpc) is 2.62. The molecule has 0 aliphatic carbocycles. The Morgan fingerprint density at radius 2 is 1.80 bits per heavy atom. The van der Waals surface area contributed by atoms with Crippen LogP contribution in [-0.4, -0.2) is 28.5 Å². The highest BCUT2D eigenvalue weighted by Gasteiger charge is 2.15. The topological polar surface area (TPSA) is 104 Å². The Labute approximate surface area is 143 Å². The van der Waals surface area contributed by atoms with Crippen molar-refractivity contribution in [3.8, 4) is 0 Å². The number of hydrogen-bond donors (Lipinski definition) is 1. The van der Waals surface area contributed by atoms with Crippen molar-refractivity contribution in [1.29, 1.82) is 0 Å². The number of aromatic nitrogens is 2. The Bertz CT molecular complexity index is 939. The molecule has 0 aliphatic heterocycles. The quantitative estimate of drug-likeness (QED) is 0.710. The maximum atomic E-state index is 12.0. The van der Waals surface area contributed by atoms with Crippen LogP contribution in [0.4, 0.5) is 11.5 Å². The monoisotopic (exact) mass is 336 g/mol. The molecule has 126 valence electrons. The van der Waals surface area contributed by atoms with Gasteiger partial charge < -0.3 is 20.0 Å². The lowest BCUT2D eigenvalue weighted by Crippen LogP contribution is -2.21. The lowest BCUT2D eigenvalue weighted by atomic mass is 10.2. The minimum Gasteiger partial charge on any atom is -0.545 e. The van der Waals surface area contributed by atoms with Crippen LogP contribution < -0.4 is 10.4 Å². The summed E-state index contributed by atoms with van der Waals surface area (Å²) in [6, 6.07) is 13.3. The number of carbonyl (C=O) groups excluding carboxylic acids is 2. The van der Waals surface area contributed by atoms with E-state index >= 15 is 0 Å². The van der Waals surface area contributed by atoms with E-state index in [1.54, 1.807) is 25.1 Å². The molecule has 0 unspecified atom stereocenters. The summed E-state index contributed by atoms with van der Waals surface area (Å²) in [5.74, 6) is -1.48. The Kier molecular flexibility index (Phi) is 4.56. The number of carbonyl (C=O) groups is 2. The fourth-order valence-electron chi connectivity index (χ4n) is 2.29. The Morgan fingerprint density at radius 3 is 2.48 bits per heavy atom. The number of rotatable bonds is 5. The molecule has 0 saturated carbocycles. The second-order valence-corrected chi connectivity index (χ2v) is 5.12. The molecule has 0 saturated heterocycles. The second kappa shape index (κ2) is 6.96. The van der Waals surface area contributed by atoms with Gasteiger partial charge in [-0.05, 0) is 36.8 Å². The van der Waals surface area contributed by atoms with E-state index in [2.05, 4.69) is 15.3 Å². The Balaban J connectivity index is 2.01. The van der Waals surface area contributed by atoms with E-state index < -0.39 is 11.9 Å². The van der Waals surface area contributed by atoms with Gasteiger partial charge in [0.25, 0.3) is 0 Å².